The third kappa shape index (κ3) is 3.95. The van der Waals surface area contributed by atoms with Gasteiger partial charge in [0.25, 0.3) is 0 Å². The molecule has 1 unspecified atom stereocenters. The maximum absolute atomic E-state index is 5.33. The lowest BCUT2D eigenvalue weighted by Gasteiger charge is -1.96. The minimum absolute atomic E-state index is 0.419. The molecule has 0 aromatic heterocycles. The molecule has 0 saturated heterocycles. The molecular formula is C2H11N4P. The number of nitrogens with one attached hydrogen (secondary N) is 1. The Morgan fingerprint density at radius 1 is 1.86 bits per heavy atom. The Kier molecular flexibility index (Phi) is 4.34. The third-order valence-electron chi connectivity index (χ3n) is 0.524. The number of nitrogens with zero attached hydrogens (tertiary/aromatic N) is 1. The molecule has 0 rings (SSSR count). The van der Waals surface area contributed by atoms with Gasteiger partial charge in [-0.3, -0.25) is 15.3 Å². The average molecular weight is 122 g/mol. The van der Waals surface area contributed by atoms with E-state index in [0.717, 1.165) is 0 Å². The van der Waals surface area contributed by atoms with Crippen molar-refractivity contribution in [3.8, 4) is 0 Å². The first-order chi connectivity index (χ1) is 3.31. The number of hydrogen-bond acceptors (Lipinski definition) is 2. The fourth-order valence-electron chi connectivity index (χ4n) is 0.184. The van der Waals surface area contributed by atoms with Gasteiger partial charge in [-0.25, -0.2) is 0 Å². The van der Waals surface area contributed by atoms with E-state index in [1.165, 1.54) is 0 Å². The third-order valence-corrected chi connectivity index (χ3v) is 1.57. The van der Waals surface area contributed by atoms with Crippen molar-refractivity contribution >= 4 is 8.01 Å². The van der Waals surface area contributed by atoms with Crippen LogP contribution < -0.4 is 16.3 Å². The summed E-state index contributed by atoms with van der Waals surface area (Å²) in [6.45, 7) is 0.419. The zero-order valence-corrected chi connectivity index (χ0v) is 5.31. The standard InChI is InChI=1S/C2H11N4P/c1-5-7(4)6-2-3/h7H,2-3H2,1H3,(H3,4,5,6). The molecule has 0 amide bonds. The average Bonchev–Trinajstić information content (AvgIpc) is 1.68. The summed E-state index contributed by atoms with van der Waals surface area (Å²) in [5, 5.41) is 2.79. The number of nitrogens with two attached hydrogens (primary N) is 2. The summed E-state index contributed by atoms with van der Waals surface area (Å²) in [7, 11) is 0.548. The van der Waals surface area contributed by atoms with Crippen molar-refractivity contribution in [1.82, 2.24) is 5.09 Å². The van der Waals surface area contributed by atoms with Crippen molar-refractivity contribution in [3.05, 3.63) is 0 Å². The molecule has 0 aliphatic carbocycles. The van der Waals surface area contributed by atoms with Crippen LogP contribution >= 0.6 is 8.01 Å². The quantitative estimate of drug-likeness (QED) is 0.335. The molecule has 0 fully saturated rings. The highest BCUT2D eigenvalue weighted by atomic mass is 31.1. The molecule has 0 heterocycles. The second-order valence-electron chi connectivity index (χ2n) is 0.990. The van der Waals surface area contributed by atoms with Gasteiger partial charge in [0, 0.05) is 13.7 Å². The van der Waals surface area contributed by atoms with Gasteiger partial charge in [0.2, 0.25) is 0 Å². The van der Waals surface area contributed by atoms with Gasteiger partial charge in [-0.15, -0.1) is 0 Å². The lowest BCUT2D eigenvalue weighted by molar-refractivity contribution is 0.969. The van der Waals surface area contributed by atoms with E-state index in [1.807, 2.05) is 0 Å². The molecule has 44 valence electrons. The zero-order valence-electron chi connectivity index (χ0n) is 4.31. The smallest absolute Gasteiger partial charge is 0.0772 e. The Bertz CT molecular complexity index is 70.1. The zero-order chi connectivity index (χ0) is 5.70. The molecule has 0 bridgehead atoms. The molecule has 5 heteroatoms. The van der Waals surface area contributed by atoms with Crippen LogP contribution in [0.2, 0.25) is 0 Å². The Morgan fingerprint density at radius 2 is 2.43 bits per heavy atom. The normalized spacial score (nSPS) is 14.7. The molecule has 0 spiro atoms. The van der Waals surface area contributed by atoms with Crippen LogP contribution in [0.3, 0.4) is 0 Å². The van der Waals surface area contributed by atoms with Crippen LogP contribution in [0.4, 0.5) is 0 Å². The first kappa shape index (κ1) is 7.11. The largest absolute Gasteiger partial charge is 0.318 e. The van der Waals surface area contributed by atoms with Gasteiger partial charge in [-0.1, -0.05) is 0 Å². The van der Waals surface area contributed by atoms with Gasteiger partial charge >= 0.3 is 0 Å². The Morgan fingerprint density at radius 3 is 2.57 bits per heavy atom. The van der Waals surface area contributed by atoms with Gasteiger partial charge in [-0.2, -0.15) is 0 Å². The van der Waals surface area contributed by atoms with Crippen LogP contribution in [0.1, 0.15) is 0 Å². The van der Waals surface area contributed by atoms with E-state index < -0.39 is 8.01 Å². The van der Waals surface area contributed by atoms with Crippen LogP contribution in [0.15, 0.2) is 4.74 Å². The second kappa shape index (κ2) is 4.27. The topological polar surface area (TPSA) is 76.4 Å². The first-order valence-corrected chi connectivity index (χ1v) is 3.50. The van der Waals surface area contributed by atoms with Crippen LogP contribution in [0.25, 0.3) is 0 Å². The summed E-state index contributed by atoms with van der Waals surface area (Å²) in [5.41, 5.74) is 10.4. The van der Waals surface area contributed by atoms with Crippen LogP contribution in [0.5, 0.6) is 0 Å². The van der Waals surface area contributed by atoms with Crippen molar-refractivity contribution in [2.24, 2.45) is 16.0 Å². The summed E-state index contributed by atoms with van der Waals surface area (Å²) in [4.78, 5) is 0. The lowest BCUT2D eigenvalue weighted by atomic mass is 11.3. The summed E-state index contributed by atoms with van der Waals surface area (Å²) in [5.74, 6) is 0. The molecule has 0 aromatic rings. The van der Waals surface area contributed by atoms with Crippen molar-refractivity contribution in [2.75, 3.05) is 13.7 Å². The predicted molar refractivity (Wildman–Crippen MR) is 33.0 cm³/mol. The molecule has 4 nitrogen and oxygen atoms in total. The van der Waals surface area contributed by atoms with Crippen molar-refractivity contribution in [3.63, 3.8) is 0 Å². The molecule has 1 atom stereocenters. The van der Waals surface area contributed by atoms with Gasteiger partial charge < -0.3 is 5.73 Å². The summed E-state index contributed by atoms with van der Waals surface area (Å²) in [6.07, 6.45) is 0. The van der Waals surface area contributed by atoms with Gasteiger partial charge in [0.15, 0.2) is 0 Å². The molecular weight excluding hydrogens is 111 g/mol. The predicted octanol–water partition coefficient (Wildman–Crippen LogP) is -0.692. The Hall–Kier alpha value is 0.110. The summed E-state index contributed by atoms with van der Waals surface area (Å²) >= 11 is 0. The number of hydrogen-bond donors (Lipinski definition) is 3. The van der Waals surface area contributed by atoms with Gasteiger partial charge in [0.05, 0.1) is 8.01 Å². The van der Waals surface area contributed by atoms with Crippen molar-refractivity contribution in [2.45, 2.75) is 0 Å². The van der Waals surface area contributed by atoms with Crippen LogP contribution in [-0.4, -0.2) is 13.7 Å². The summed E-state index contributed by atoms with van der Waals surface area (Å²) < 4.78 is 3.77. The fraction of sp³-hybridized carbons (Fsp3) is 1.00. The van der Waals surface area contributed by atoms with E-state index in [1.54, 1.807) is 7.05 Å². The maximum Gasteiger partial charge on any atom is 0.0772 e. The molecule has 0 aliphatic rings. The van der Waals surface area contributed by atoms with E-state index in [0.29, 0.717) is 6.67 Å². The highest BCUT2D eigenvalue weighted by molar-refractivity contribution is 7.42. The van der Waals surface area contributed by atoms with E-state index in [9.17, 15) is 0 Å². The molecule has 7 heavy (non-hydrogen) atoms. The SMILES string of the molecule is CN=[PH](N)NCN. The van der Waals surface area contributed by atoms with E-state index in [4.69, 9.17) is 11.2 Å². The molecule has 0 aliphatic heterocycles. The van der Waals surface area contributed by atoms with E-state index in [2.05, 4.69) is 9.83 Å². The fourth-order valence-corrected chi connectivity index (χ4v) is 0.551. The van der Waals surface area contributed by atoms with Gasteiger partial charge in [0.1, 0.15) is 0 Å². The second-order valence-corrected chi connectivity index (χ2v) is 2.56. The summed E-state index contributed by atoms with van der Waals surface area (Å²) in [6, 6.07) is 0. The van der Waals surface area contributed by atoms with Crippen molar-refractivity contribution in [1.29, 1.82) is 0 Å². The maximum atomic E-state index is 5.33. The highest BCUT2D eigenvalue weighted by Gasteiger charge is 1.75. The minimum Gasteiger partial charge on any atom is -0.318 e. The lowest BCUT2D eigenvalue weighted by Crippen LogP contribution is -2.16. The monoisotopic (exact) mass is 122 g/mol. The molecule has 5 N–H and O–H groups in total. The molecule has 0 aromatic carbocycles. The Labute approximate surface area is 43.9 Å². The minimum atomic E-state index is -1.13. The van der Waals surface area contributed by atoms with E-state index >= 15 is 0 Å². The van der Waals surface area contributed by atoms with Crippen LogP contribution in [0, 0.1) is 0 Å². The highest BCUT2D eigenvalue weighted by Crippen LogP contribution is 2.01. The van der Waals surface area contributed by atoms with Crippen molar-refractivity contribution < 1.29 is 0 Å². The van der Waals surface area contributed by atoms with Gasteiger partial charge in [-0.05, 0) is 0 Å². The van der Waals surface area contributed by atoms with E-state index in [-0.39, 0.29) is 0 Å². The Balaban J connectivity index is 3.17. The molecule has 0 saturated carbocycles. The molecule has 0 radical (unpaired) electrons. The van der Waals surface area contributed by atoms with Crippen LogP contribution in [-0.2, 0) is 0 Å². The first-order valence-electron chi connectivity index (χ1n) is 1.97. The number of rotatable bonds is 2.